The fourth-order valence-electron chi connectivity index (χ4n) is 2.13. The van der Waals surface area contributed by atoms with E-state index in [2.05, 4.69) is 38.3 Å². The van der Waals surface area contributed by atoms with Crippen molar-refractivity contribution in [3.05, 3.63) is 0 Å². The minimum atomic E-state index is 0.428. The minimum Gasteiger partial charge on any atom is -0.316 e. The number of hydrogen-bond donors (Lipinski definition) is 2. The summed E-state index contributed by atoms with van der Waals surface area (Å²) in [5.41, 5.74) is 0.428. The smallest absolute Gasteiger partial charge is 0.00106 e. The van der Waals surface area contributed by atoms with Crippen LogP contribution < -0.4 is 10.6 Å². The molecule has 1 saturated heterocycles. The molecule has 1 aliphatic heterocycles. The van der Waals surface area contributed by atoms with Crippen molar-refractivity contribution in [1.82, 2.24) is 10.6 Å². The Hall–Kier alpha value is -0.0800. The Balaban J connectivity index is 2.37. The molecular formula is C12H26N2. The first-order chi connectivity index (χ1) is 6.52. The molecule has 0 aromatic carbocycles. The van der Waals surface area contributed by atoms with Crippen LogP contribution in [0.25, 0.3) is 0 Å². The molecular weight excluding hydrogens is 172 g/mol. The highest BCUT2D eigenvalue weighted by molar-refractivity contribution is 4.84. The summed E-state index contributed by atoms with van der Waals surface area (Å²) in [6.45, 7) is 12.8. The Kier molecular flexibility index (Phi) is 4.39. The van der Waals surface area contributed by atoms with Crippen LogP contribution in [0.1, 0.15) is 40.5 Å². The molecule has 84 valence electrons. The summed E-state index contributed by atoms with van der Waals surface area (Å²) in [5, 5.41) is 7.06. The second-order valence-corrected chi connectivity index (χ2v) is 5.57. The van der Waals surface area contributed by atoms with Crippen molar-refractivity contribution >= 4 is 0 Å². The van der Waals surface area contributed by atoms with E-state index in [0.29, 0.717) is 11.5 Å². The first kappa shape index (κ1) is 12.0. The van der Waals surface area contributed by atoms with Crippen LogP contribution in [-0.4, -0.2) is 25.7 Å². The van der Waals surface area contributed by atoms with E-state index in [-0.39, 0.29) is 0 Å². The fourth-order valence-corrected chi connectivity index (χ4v) is 2.13. The molecule has 0 aliphatic carbocycles. The minimum absolute atomic E-state index is 0.428. The third-order valence-corrected chi connectivity index (χ3v) is 3.37. The van der Waals surface area contributed by atoms with Crippen molar-refractivity contribution in [2.75, 3.05) is 19.6 Å². The molecule has 0 spiro atoms. The van der Waals surface area contributed by atoms with E-state index >= 15 is 0 Å². The zero-order valence-corrected chi connectivity index (χ0v) is 10.2. The number of hydrogen-bond acceptors (Lipinski definition) is 2. The first-order valence-corrected chi connectivity index (χ1v) is 5.96. The predicted octanol–water partition coefficient (Wildman–Crippen LogP) is 2.01. The summed E-state index contributed by atoms with van der Waals surface area (Å²) >= 11 is 0. The van der Waals surface area contributed by atoms with Gasteiger partial charge in [0.1, 0.15) is 0 Å². The maximum atomic E-state index is 3.56. The van der Waals surface area contributed by atoms with E-state index in [1.165, 1.54) is 25.9 Å². The van der Waals surface area contributed by atoms with Gasteiger partial charge in [-0.15, -0.1) is 0 Å². The SMILES string of the molecule is CC(C)NCC(C)(C)C1CCCNC1. The van der Waals surface area contributed by atoms with Crippen molar-refractivity contribution in [3.63, 3.8) is 0 Å². The zero-order chi connectivity index (χ0) is 10.6. The van der Waals surface area contributed by atoms with Crippen LogP contribution in [0.4, 0.5) is 0 Å². The predicted molar refractivity (Wildman–Crippen MR) is 62.5 cm³/mol. The van der Waals surface area contributed by atoms with Gasteiger partial charge in [-0.25, -0.2) is 0 Å². The van der Waals surface area contributed by atoms with Gasteiger partial charge < -0.3 is 10.6 Å². The maximum absolute atomic E-state index is 3.56. The molecule has 14 heavy (non-hydrogen) atoms. The molecule has 1 aliphatic rings. The van der Waals surface area contributed by atoms with Gasteiger partial charge in [0.2, 0.25) is 0 Å². The number of rotatable bonds is 4. The van der Waals surface area contributed by atoms with Gasteiger partial charge in [-0.05, 0) is 37.3 Å². The Labute approximate surface area is 88.8 Å². The van der Waals surface area contributed by atoms with Crippen LogP contribution >= 0.6 is 0 Å². The molecule has 2 N–H and O–H groups in total. The molecule has 2 nitrogen and oxygen atoms in total. The highest BCUT2D eigenvalue weighted by Gasteiger charge is 2.30. The Morgan fingerprint density at radius 2 is 2.14 bits per heavy atom. The van der Waals surface area contributed by atoms with Crippen molar-refractivity contribution in [3.8, 4) is 0 Å². The second kappa shape index (κ2) is 5.13. The van der Waals surface area contributed by atoms with E-state index in [0.717, 1.165) is 12.5 Å². The molecule has 1 unspecified atom stereocenters. The van der Waals surface area contributed by atoms with Gasteiger partial charge in [-0.1, -0.05) is 27.7 Å². The molecule has 0 radical (unpaired) electrons. The van der Waals surface area contributed by atoms with Crippen molar-refractivity contribution in [1.29, 1.82) is 0 Å². The summed E-state index contributed by atoms with van der Waals surface area (Å²) in [7, 11) is 0. The molecule has 2 heteroatoms. The summed E-state index contributed by atoms with van der Waals surface area (Å²) in [5.74, 6) is 0.836. The van der Waals surface area contributed by atoms with Crippen LogP contribution in [-0.2, 0) is 0 Å². The highest BCUT2D eigenvalue weighted by Crippen LogP contribution is 2.30. The van der Waals surface area contributed by atoms with E-state index in [1.54, 1.807) is 0 Å². The summed E-state index contributed by atoms with van der Waals surface area (Å²) < 4.78 is 0. The fraction of sp³-hybridized carbons (Fsp3) is 1.00. The largest absolute Gasteiger partial charge is 0.316 e. The Morgan fingerprint density at radius 1 is 1.43 bits per heavy atom. The van der Waals surface area contributed by atoms with Gasteiger partial charge in [-0.2, -0.15) is 0 Å². The number of piperidine rings is 1. The van der Waals surface area contributed by atoms with Crippen LogP contribution in [0.15, 0.2) is 0 Å². The van der Waals surface area contributed by atoms with Gasteiger partial charge in [-0.3, -0.25) is 0 Å². The van der Waals surface area contributed by atoms with E-state index in [4.69, 9.17) is 0 Å². The molecule has 0 amide bonds. The van der Waals surface area contributed by atoms with Crippen LogP contribution in [0.2, 0.25) is 0 Å². The van der Waals surface area contributed by atoms with Crippen molar-refractivity contribution in [2.45, 2.75) is 46.6 Å². The highest BCUT2D eigenvalue weighted by atomic mass is 14.9. The van der Waals surface area contributed by atoms with Crippen LogP contribution in [0, 0.1) is 11.3 Å². The van der Waals surface area contributed by atoms with Gasteiger partial charge in [0, 0.05) is 12.6 Å². The Bertz CT molecular complexity index is 158. The van der Waals surface area contributed by atoms with Gasteiger partial charge in [0.15, 0.2) is 0 Å². The lowest BCUT2D eigenvalue weighted by atomic mass is 9.75. The summed E-state index contributed by atoms with van der Waals surface area (Å²) in [6.07, 6.45) is 2.73. The zero-order valence-electron chi connectivity index (χ0n) is 10.2. The molecule has 0 saturated carbocycles. The van der Waals surface area contributed by atoms with Gasteiger partial charge in [0.25, 0.3) is 0 Å². The average molecular weight is 198 g/mol. The van der Waals surface area contributed by atoms with Crippen LogP contribution in [0.5, 0.6) is 0 Å². The quantitative estimate of drug-likeness (QED) is 0.722. The monoisotopic (exact) mass is 198 g/mol. The molecule has 1 rings (SSSR count). The van der Waals surface area contributed by atoms with E-state index in [9.17, 15) is 0 Å². The second-order valence-electron chi connectivity index (χ2n) is 5.57. The lowest BCUT2D eigenvalue weighted by molar-refractivity contribution is 0.163. The molecule has 0 aromatic heterocycles. The summed E-state index contributed by atoms with van der Waals surface area (Å²) in [6, 6.07) is 0.603. The normalized spacial score (nSPS) is 24.2. The number of nitrogens with one attached hydrogen (secondary N) is 2. The average Bonchev–Trinajstić information content (AvgIpc) is 2.16. The third kappa shape index (κ3) is 3.58. The molecule has 1 heterocycles. The van der Waals surface area contributed by atoms with Crippen LogP contribution in [0.3, 0.4) is 0 Å². The van der Waals surface area contributed by atoms with Gasteiger partial charge in [0.05, 0.1) is 0 Å². The first-order valence-electron chi connectivity index (χ1n) is 5.96. The third-order valence-electron chi connectivity index (χ3n) is 3.37. The summed E-state index contributed by atoms with van der Waals surface area (Å²) in [4.78, 5) is 0. The topological polar surface area (TPSA) is 24.1 Å². The standard InChI is InChI=1S/C12H26N2/c1-10(2)14-9-12(3,4)11-6-5-7-13-8-11/h10-11,13-14H,5-9H2,1-4H3. The molecule has 0 aromatic rings. The van der Waals surface area contributed by atoms with Crippen molar-refractivity contribution in [2.24, 2.45) is 11.3 Å². The van der Waals surface area contributed by atoms with E-state index < -0.39 is 0 Å². The van der Waals surface area contributed by atoms with E-state index in [1.807, 2.05) is 0 Å². The molecule has 1 atom stereocenters. The van der Waals surface area contributed by atoms with Gasteiger partial charge >= 0.3 is 0 Å². The molecule has 1 fully saturated rings. The Morgan fingerprint density at radius 3 is 2.64 bits per heavy atom. The maximum Gasteiger partial charge on any atom is 0.00106 e. The lowest BCUT2D eigenvalue weighted by Gasteiger charge is -2.38. The molecule has 0 bridgehead atoms. The van der Waals surface area contributed by atoms with Crippen molar-refractivity contribution < 1.29 is 0 Å². The lowest BCUT2D eigenvalue weighted by Crippen LogP contribution is -2.44.